The van der Waals surface area contributed by atoms with Crippen molar-refractivity contribution in [2.45, 2.75) is 31.5 Å². The van der Waals surface area contributed by atoms with Gasteiger partial charge in [0.15, 0.2) is 0 Å². The number of halogens is 3. The van der Waals surface area contributed by atoms with Gasteiger partial charge in [0.1, 0.15) is 6.04 Å². The Bertz CT molecular complexity index is 571. The van der Waals surface area contributed by atoms with Crippen molar-refractivity contribution in [2.24, 2.45) is 5.92 Å². The van der Waals surface area contributed by atoms with Crippen LogP contribution in [0.5, 0.6) is 0 Å². The molecule has 0 spiro atoms. The van der Waals surface area contributed by atoms with Crippen LogP contribution in [0.25, 0.3) is 0 Å². The summed E-state index contributed by atoms with van der Waals surface area (Å²) in [6.45, 7) is 1.34. The zero-order valence-corrected chi connectivity index (χ0v) is 11.1. The largest absolute Gasteiger partial charge is 0.480 e. The van der Waals surface area contributed by atoms with Crippen LogP contribution in [0.1, 0.15) is 30.4 Å². The first-order valence-electron chi connectivity index (χ1n) is 6.40. The first-order chi connectivity index (χ1) is 9.70. The van der Waals surface area contributed by atoms with Gasteiger partial charge >= 0.3 is 12.1 Å². The molecule has 1 fully saturated rings. The maximum atomic E-state index is 12.6. The summed E-state index contributed by atoms with van der Waals surface area (Å²) in [6.07, 6.45) is -3.99. The molecule has 0 heterocycles. The Morgan fingerprint density at radius 1 is 1.38 bits per heavy atom. The molecule has 0 bridgehead atoms. The van der Waals surface area contributed by atoms with Crippen LogP contribution in [0.3, 0.4) is 0 Å². The molecule has 1 saturated carbocycles. The highest BCUT2D eigenvalue weighted by Gasteiger charge is 2.45. The van der Waals surface area contributed by atoms with E-state index in [9.17, 15) is 22.8 Å². The third-order valence-corrected chi connectivity index (χ3v) is 3.50. The molecule has 0 radical (unpaired) electrons. The number of carbonyl (C=O) groups is 2. The van der Waals surface area contributed by atoms with Gasteiger partial charge in [-0.3, -0.25) is 9.59 Å². The fourth-order valence-electron chi connectivity index (χ4n) is 2.18. The second-order valence-electron chi connectivity index (χ2n) is 5.14. The molecule has 1 aliphatic carbocycles. The van der Waals surface area contributed by atoms with Crippen molar-refractivity contribution in [3.05, 3.63) is 35.4 Å². The van der Waals surface area contributed by atoms with E-state index in [1.54, 1.807) is 6.07 Å². The van der Waals surface area contributed by atoms with E-state index in [4.69, 9.17) is 5.11 Å². The Morgan fingerprint density at radius 3 is 2.62 bits per heavy atom. The van der Waals surface area contributed by atoms with Gasteiger partial charge in [0, 0.05) is 5.92 Å². The fourth-order valence-corrected chi connectivity index (χ4v) is 2.18. The van der Waals surface area contributed by atoms with E-state index in [0.717, 1.165) is 12.1 Å². The minimum atomic E-state index is -4.42. The fraction of sp³-hybridized carbons (Fsp3) is 0.429. The van der Waals surface area contributed by atoms with Crippen LogP contribution in [0, 0.1) is 5.92 Å². The van der Waals surface area contributed by atoms with Crippen molar-refractivity contribution in [1.29, 1.82) is 0 Å². The lowest BCUT2D eigenvalue weighted by Gasteiger charge is -2.10. The topological polar surface area (TPSA) is 66.4 Å². The molecule has 2 rings (SSSR count). The summed E-state index contributed by atoms with van der Waals surface area (Å²) in [5.74, 6) is -2.34. The number of carboxylic acids is 1. The van der Waals surface area contributed by atoms with Crippen molar-refractivity contribution in [3.8, 4) is 0 Å². The summed E-state index contributed by atoms with van der Waals surface area (Å²) in [4.78, 5) is 22.4. The average Bonchev–Trinajstić information content (AvgIpc) is 3.18. The lowest BCUT2D eigenvalue weighted by Crippen LogP contribution is -2.39. The third-order valence-electron chi connectivity index (χ3n) is 3.50. The molecule has 1 amide bonds. The average molecular weight is 301 g/mol. The molecule has 4 nitrogen and oxygen atoms in total. The number of benzene rings is 1. The molecule has 1 aromatic carbocycles. The second kappa shape index (κ2) is 5.38. The molecular weight excluding hydrogens is 287 g/mol. The minimum Gasteiger partial charge on any atom is -0.480 e. The van der Waals surface area contributed by atoms with Crippen molar-refractivity contribution in [3.63, 3.8) is 0 Å². The van der Waals surface area contributed by atoms with Crippen molar-refractivity contribution in [2.75, 3.05) is 0 Å². The lowest BCUT2D eigenvalue weighted by atomic mass is 10.1. The van der Waals surface area contributed by atoms with Crippen LogP contribution in [0.4, 0.5) is 13.2 Å². The van der Waals surface area contributed by atoms with Gasteiger partial charge in [0.2, 0.25) is 5.91 Å². The minimum absolute atomic E-state index is 0.284. The number of carboxylic acid groups (broad SMARTS) is 1. The van der Waals surface area contributed by atoms with Crippen LogP contribution in [-0.2, 0) is 15.8 Å². The van der Waals surface area contributed by atoms with Crippen LogP contribution in [0.2, 0.25) is 0 Å². The lowest BCUT2D eigenvalue weighted by molar-refractivity contribution is -0.141. The highest BCUT2D eigenvalue weighted by atomic mass is 19.4. The first kappa shape index (κ1) is 15.3. The van der Waals surface area contributed by atoms with E-state index in [2.05, 4.69) is 5.32 Å². The maximum Gasteiger partial charge on any atom is 0.416 e. The van der Waals surface area contributed by atoms with Gasteiger partial charge in [0.05, 0.1) is 5.56 Å². The number of alkyl halides is 3. The van der Waals surface area contributed by atoms with E-state index in [0.29, 0.717) is 12.0 Å². The molecule has 0 aromatic heterocycles. The SMILES string of the molecule is CC(NC(=O)C1CC1c1cccc(C(F)(F)F)c1)C(=O)O. The molecule has 0 aliphatic heterocycles. The molecule has 2 N–H and O–H groups in total. The van der Waals surface area contributed by atoms with Crippen molar-refractivity contribution >= 4 is 11.9 Å². The molecule has 1 aliphatic rings. The normalized spacial score (nSPS) is 22.5. The van der Waals surface area contributed by atoms with Gasteiger partial charge in [-0.25, -0.2) is 0 Å². The highest BCUT2D eigenvalue weighted by molar-refractivity contribution is 5.87. The zero-order chi connectivity index (χ0) is 15.8. The first-order valence-corrected chi connectivity index (χ1v) is 6.40. The molecule has 7 heteroatoms. The number of hydrogen-bond acceptors (Lipinski definition) is 2. The quantitative estimate of drug-likeness (QED) is 0.897. The van der Waals surface area contributed by atoms with Gasteiger partial charge in [0.25, 0.3) is 0 Å². The molecule has 21 heavy (non-hydrogen) atoms. The molecule has 3 atom stereocenters. The number of rotatable bonds is 4. The molecule has 0 saturated heterocycles. The van der Waals surface area contributed by atoms with E-state index < -0.39 is 35.6 Å². The Kier molecular flexibility index (Phi) is 3.93. The zero-order valence-electron chi connectivity index (χ0n) is 11.1. The summed E-state index contributed by atoms with van der Waals surface area (Å²) in [5, 5.41) is 11.0. The Morgan fingerprint density at radius 2 is 2.05 bits per heavy atom. The predicted octanol–water partition coefficient (Wildman–Crippen LogP) is 2.40. The van der Waals surface area contributed by atoms with Crippen LogP contribution in [0.15, 0.2) is 24.3 Å². The summed E-state index contributed by atoms with van der Waals surface area (Å²) in [6, 6.07) is 3.87. The van der Waals surface area contributed by atoms with Crippen LogP contribution < -0.4 is 5.32 Å². The monoisotopic (exact) mass is 301 g/mol. The third kappa shape index (κ3) is 3.53. The van der Waals surface area contributed by atoms with Gasteiger partial charge in [-0.05, 0) is 30.9 Å². The van der Waals surface area contributed by atoms with E-state index >= 15 is 0 Å². The summed E-state index contributed by atoms with van der Waals surface area (Å²) < 4.78 is 37.9. The maximum absolute atomic E-state index is 12.6. The summed E-state index contributed by atoms with van der Waals surface area (Å²) >= 11 is 0. The van der Waals surface area contributed by atoms with Crippen LogP contribution in [-0.4, -0.2) is 23.0 Å². The van der Waals surface area contributed by atoms with Crippen LogP contribution >= 0.6 is 0 Å². The van der Waals surface area contributed by atoms with E-state index in [1.165, 1.54) is 13.0 Å². The van der Waals surface area contributed by atoms with Crippen molar-refractivity contribution < 1.29 is 27.9 Å². The van der Waals surface area contributed by atoms with E-state index in [-0.39, 0.29) is 5.92 Å². The predicted molar refractivity (Wildman–Crippen MR) is 67.5 cm³/mol. The molecule has 3 unspecified atom stereocenters. The van der Waals surface area contributed by atoms with Gasteiger partial charge in [-0.15, -0.1) is 0 Å². The summed E-state index contributed by atoms with van der Waals surface area (Å²) in [7, 11) is 0. The number of nitrogens with one attached hydrogen (secondary N) is 1. The molecule has 1 aromatic rings. The molecule has 114 valence electrons. The van der Waals surface area contributed by atoms with Gasteiger partial charge in [-0.2, -0.15) is 13.2 Å². The standard InChI is InChI=1S/C14H14F3NO3/c1-7(13(20)21)18-12(19)11-6-10(11)8-3-2-4-9(5-8)14(15,16)17/h2-5,7,10-11H,6H2,1H3,(H,18,19)(H,20,21). The Balaban J connectivity index is 2.03. The Hall–Kier alpha value is -2.05. The van der Waals surface area contributed by atoms with Crippen molar-refractivity contribution in [1.82, 2.24) is 5.32 Å². The van der Waals surface area contributed by atoms with Gasteiger partial charge < -0.3 is 10.4 Å². The smallest absolute Gasteiger partial charge is 0.416 e. The molecular formula is C14H14F3NO3. The Labute approximate surface area is 119 Å². The second-order valence-corrected chi connectivity index (χ2v) is 5.14. The number of amides is 1. The number of carbonyl (C=O) groups excluding carboxylic acids is 1. The number of aliphatic carboxylic acids is 1. The highest BCUT2D eigenvalue weighted by Crippen LogP contribution is 2.48. The summed E-state index contributed by atoms with van der Waals surface area (Å²) in [5.41, 5.74) is -0.294. The van der Waals surface area contributed by atoms with E-state index in [1.807, 2.05) is 0 Å². The number of hydrogen-bond donors (Lipinski definition) is 2. The van der Waals surface area contributed by atoms with Gasteiger partial charge in [-0.1, -0.05) is 18.2 Å².